The van der Waals surface area contributed by atoms with Gasteiger partial charge >= 0.3 is 0 Å². The van der Waals surface area contributed by atoms with E-state index >= 15 is 0 Å². The third-order valence-electron chi connectivity index (χ3n) is 4.35. The number of carbonyl (C=O) groups is 1. The molecule has 0 bridgehead atoms. The predicted octanol–water partition coefficient (Wildman–Crippen LogP) is 6.76. The fraction of sp³-hybridized carbons (Fsp3) is 0.348. The molecule has 0 saturated heterocycles. The average molecular weight is 353 g/mol. The molecule has 0 fully saturated rings. The van der Waals surface area contributed by atoms with Gasteiger partial charge in [0.1, 0.15) is 0 Å². The van der Waals surface area contributed by atoms with Crippen LogP contribution in [0.5, 0.6) is 0 Å². The van der Waals surface area contributed by atoms with Crippen LogP contribution in [0, 0.1) is 17.8 Å². The van der Waals surface area contributed by atoms with E-state index in [1.54, 1.807) is 0 Å². The van der Waals surface area contributed by atoms with E-state index in [2.05, 4.69) is 25.3 Å². The van der Waals surface area contributed by atoms with Crippen LogP contribution >= 0.6 is 11.6 Å². The first kappa shape index (κ1) is 19.3. The summed E-state index contributed by atoms with van der Waals surface area (Å²) in [5.74, 6) is 5.59. The molecule has 0 N–H and O–H groups in total. The lowest BCUT2D eigenvalue weighted by molar-refractivity contribution is 0.0945. The standard InChI is InChI=1S/C23H25ClO/c1-3-4-5-6-7-12-20(17-16-18(2)24)23(25)22-15-10-13-19-11-8-9-14-21(19)22/h8-11,13-15,20H,2-7,12H2,1H3. The van der Waals surface area contributed by atoms with Crippen LogP contribution in [0.4, 0.5) is 0 Å². The zero-order valence-electron chi connectivity index (χ0n) is 14.9. The van der Waals surface area contributed by atoms with Gasteiger partial charge in [0.2, 0.25) is 0 Å². The first-order chi connectivity index (χ1) is 12.1. The van der Waals surface area contributed by atoms with Crippen molar-refractivity contribution >= 4 is 28.2 Å². The van der Waals surface area contributed by atoms with Crippen molar-refractivity contribution in [2.45, 2.75) is 45.4 Å². The van der Waals surface area contributed by atoms with Gasteiger partial charge in [-0.3, -0.25) is 4.79 Å². The van der Waals surface area contributed by atoms with Crippen molar-refractivity contribution in [3.8, 4) is 11.8 Å². The summed E-state index contributed by atoms with van der Waals surface area (Å²) in [4.78, 5) is 13.1. The molecule has 2 aromatic rings. The van der Waals surface area contributed by atoms with E-state index in [9.17, 15) is 4.79 Å². The van der Waals surface area contributed by atoms with E-state index < -0.39 is 0 Å². The topological polar surface area (TPSA) is 17.1 Å². The summed E-state index contributed by atoms with van der Waals surface area (Å²) in [5.41, 5.74) is 0.742. The highest BCUT2D eigenvalue weighted by Gasteiger charge is 2.19. The molecule has 1 nitrogen and oxygen atoms in total. The van der Waals surface area contributed by atoms with Gasteiger partial charge in [0, 0.05) is 5.56 Å². The van der Waals surface area contributed by atoms with Crippen LogP contribution in [0.3, 0.4) is 0 Å². The Morgan fingerprint density at radius 1 is 1.08 bits per heavy atom. The molecule has 2 rings (SSSR count). The Hall–Kier alpha value is -2.04. The SMILES string of the molecule is C=C(Cl)C#CC(CCCCCCC)C(=O)c1cccc2ccccc12. The van der Waals surface area contributed by atoms with Crippen LogP contribution < -0.4 is 0 Å². The molecule has 130 valence electrons. The van der Waals surface area contributed by atoms with Crippen molar-refractivity contribution in [1.82, 2.24) is 0 Å². The summed E-state index contributed by atoms with van der Waals surface area (Å²) in [6.45, 7) is 5.81. The maximum atomic E-state index is 13.1. The summed E-state index contributed by atoms with van der Waals surface area (Å²) in [6, 6.07) is 13.8. The van der Waals surface area contributed by atoms with Crippen molar-refractivity contribution in [2.24, 2.45) is 5.92 Å². The molecule has 0 heterocycles. The summed E-state index contributed by atoms with van der Waals surface area (Å²) in [6.07, 6.45) is 6.57. The predicted molar refractivity (Wildman–Crippen MR) is 108 cm³/mol. The minimum atomic E-state index is -0.331. The smallest absolute Gasteiger partial charge is 0.178 e. The number of fused-ring (bicyclic) bond motifs is 1. The molecule has 0 saturated carbocycles. The zero-order chi connectivity index (χ0) is 18.1. The number of carbonyl (C=O) groups excluding carboxylic acids is 1. The van der Waals surface area contributed by atoms with Crippen LogP contribution in [0.15, 0.2) is 54.1 Å². The summed E-state index contributed by atoms with van der Waals surface area (Å²) in [7, 11) is 0. The highest BCUT2D eigenvalue weighted by molar-refractivity contribution is 6.31. The van der Waals surface area contributed by atoms with Crippen molar-refractivity contribution < 1.29 is 4.79 Å². The Kier molecular flexibility index (Phi) is 7.76. The highest BCUT2D eigenvalue weighted by Crippen LogP contribution is 2.24. The number of ketones is 1. The van der Waals surface area contributed by atoms with Crippen LogP contribution in [-0.2, 0) is 0 Å². The Bertz CT molecular complexity index is 789. The van der Waals surface area contributed by atoms with E-state index in [1.807, 2.05) is 42.5 Å². The molecule has 25 heavy (non-hydrogen) atoms. The molecular formula is C23H25ClO. The monoisotopic (exact) mass is 352 g/mol. The fourth-order valence-electron chi connectivity index (χ4n) is 3.01. The third kappa shape index (κ3) is 5.76. The van der Waals surface area contributed by atoms with Gasteiger partial charge in [-0.2, -0.15) is 0 Å². The molecule has 2 aromatic carbocycles. The number of Topliss-reactive ketones (excluding diaryl/α,β-unsaturated/α-hetero) is 1. The Morgan fingerprint density at radius 2 is 1.80 bits per heavy atom. The van der Waals surface area contributed by atoms with Gasteiger partial charge in [0.05, 0.1) is 11.0 Å². The first-order valence-corrected chi connectivity index (χ1v) is 9.39. The van der Waals surface area contributed by atoms with Crippen LogP contribution in [0.1, 0.15) is 55.8 Å². The minimum absolute atomic E-state index is 0.0812. The van der Waals surface area contributed by atoms with Crippen LogP contribution in [-0.4, -0.2) is 5.78 Å². The second-order valence-corrected chi connectivity index (χ2v) is 6.78. The van der Waals surface area contributed by atoms with Gasteiger partial charge in [0.15, 0.2) is 5.78 Å². The van der Waals surface area contributed by atoms with Gasteiger partial charge in [-0.15, -0.1) is 0 Å². The van der Waals surface area contributed by atoms with Gasteiger partial charge in [-0.25, -0.2) is 0 Å². The van der Waals surface area contributed by atoms with Crippen LogP contribution in [0.25, 0.3) is 10.8 Å². The van der Waals surface area contributed by atoms with Gasteiger partial charge in [-0.1, -0.05) is 112 Å². The summed E-state index contributed by atoms with van der Waals surface area (Å²) >= 11 is 5.79. The van der Waals surface area contributed by atoms with Gasteiger partial charge in [-0.05, 0) is 17.2 Å². The second kappa shape index (κ2) is 10.1. The van der Waals surface area contributed by atoms with E-state index in [4.69, 9.17) is 11.6 Å². The molecule has 0 radical (unpaired) electrons. The second-order valence-electron chi connectivity index (χ2n) is 6.32. The Morgan fingerprint density at radius 3 is 2.56 bits per heavy atom. The van der Waals surface area contributed by atoms with E-state index in [1.165, 1.54) is 19.3 Å². The van der Waals surface area contributed by atoms with Crippen molar-refractivity contribution in [3.05, 3.63) is 59.6 Å². The molecule has 0 amide bonds. The van der Waals surface area contributed by atoms with Crippen LogP contribution in [0.2, 0.25) is 0 Å². The fourth-order valence-corrected chi connectivity index (χ4v) is 3.07. The number of unbranched alkanes of at least 4 members (excludes halogenated alkanes) is 4. The number of hydrogen-bond acceptors (Lipinski definition) is 1. The van der Waals surface area contributed by atoms with Crippen molar-refractivity contribution in [1.29, 1.82) is 0 Å². The minimum Gasteiger partial charge on any atom is -0.293 e. The van der Waals surface area contributed by atoms with Crippen molar-refractivity contribution in [2.75, 3.05) is 0 Å². The number of hydrogen-bond donors (Lipinski definition) is 0. The van der Waals surface area contributed by atoms with Gasteiger partial charge in [0.25, 0.3) is 0 Å². The Balaban J connectivity index is 2.21. The summed E-state index contributed by atoms with van der Waals surface area (Å²) < 4.78 is 0. The quantitative estimate of drug-likeness (QED) is 0.291. The molecular weight excluding hydrogens is 328 g/mol. The van der Waals surface area contributed by atoms with E-state index in [0.717, 1.165) is 35.6 Å². The molecule has 0 aliphatic heterocycles. The maximum Gasteiger partial charge on any atom is 0.178 e. The zero-order valence-corrected chi connectivity index (χ0v) is 15.6. The molecule has 0 aromatic heterocycles. The molecule has 2 heteroatoms. The molecule has 0 aliphatic carbocycles. The lowest BCUT2D eigenvalue weighted by atomic mass is 9.90. The lowest BCUT2D eigenvalue weighted by Crippen LogP contribution is -2.14. The lowest BCUT2D eigenvalue weighted by Gasteiger charge is -2.12. The summed E-state index contributed by atoms with van der Waals surface area (Å²) in [5, 5.41) is 2.34. The number of allylic oxidation sites excluding steroid dienone is 1. The molecule has 0 aliphatic rings. The van der Waals surface area contributed by atoms with Gasteiger partial charge < -0.3 is 0 Å². The molecule has 0 spiro atoms. The van der Waals surface area contributed by atoms with Crippen molar-refractivity contribution in [3.63, 3.8) is 0 Å². The number of halogens is 1. The van der Waals surface area contributed by atoms with E-state index in [-0.39, 0.29) is 16.7 Å². The number of benzene rings is 2. The normalized spacial score (nSPS) is 11.6. The largest absolute Gasteiger partial charge is 0.293 e. The third-order valence-corrected chi connectivity index (χ3v) is 4.44. The Labute approximate surface area is 156 Å². The van der Waals surface area contributed by atoms with E-state index in [0.29, 0.717) is 0 Å². The average Bonchev–Trinajstić information content (AvgIpc) is 2.62. The number of rotatable bonds is 8. The molecule has 1 atom stereocenters. The highest BCUT2D eigenvalue weighted by atomic mass is 35.5. The maximum absolute atomic E-state index is 13.1. The first-order valence-electron chi connectivity index (χ1n) is 9.01. The molecule has 1 unspecified atom stereocenters.